The van der Waals surface area contributed by atoms with Gasteiger partial charge in [0, 0.05) is 20.6 Å². The van der Waals surface area contributed by atoms with E-state index in [1.54, 1.807) is 13.1 Å². The Kier molecular flexibility index (Phi) is 4.18. The summed E-state index contributed by atoms with van der Waals surface area (Å²) in [5, 5.41) is 6.36. The number of aryl methyl sites for hydroxylation is 1. The predicted molar refractivity (Wildman–Crippen MR) is 79.1 cm³/mol. The van der Waals surface area contributed by atoms with Crippen LogP contribution >= 0.6 is 0 Å². The molecule has 1 heterocycles. The summed E-state index contributed by atoms with van der Waals surface area (Å²) in [5.74, 6) is 1.72. The molecule has 0 radical (unpaired) electrons. The minimum atomic E-state index is 0.627. The molecule has 0 aliphatic heterocycles. The average Bonchev–Trinajstić information content (AvgIpc) is 2.76. The number of hydrogen-bond acceptors (Lipinski definition) is 2. The molecule has 0 fully saturated rings. The highest BCUT2D eigenvalue weighted by atomic mass is 15.2. The van der Waals surface area contributed by atoms with Crippen LogP contribution in [0.2, 0.25) is 0 Å². The number of aromatic nitrogens is 2. The summed E-state index contributed by atoms with van der Waals surface area (Å²) >= 11 is 0. The molecule has 0 saturated heterocycles. The number of hydrogen-bond donors (Lipinski definition) is 2. The average molecular weight is 257 g/mol. The van der Waals surface area contributed by atoms with Crippen molar-refractivity contribution in [2.45, 2.75) is 6.54 Å². The largest absolute Gasteiger partial charge is 0.353 e. The van der Waals surface area contributed by atoms with Crippen LogP contribution < -0.4 is 10.6 Å². The van der Waals surface area contributed by atoms with Gasteiger partial charge in [-0.2, -0.15) is 0 Å². The summed E-state index contributed by atoms with van der Waals surface area (Å²) in [6, 6.07) is 8.10. The lowest BCUT2D eigenvalue weighted by Crippen LogP contribution is -2.37. The van der Waals surface area contributed by atoms with Crippen molar-refractivity contribution >= 4 is 17.0 Å². The van der Waals surface area contributed by atoms with Crippen molar-refractivity contribution in [1.82, 2.24) is 20.2 Å². The van der Waals surface area contributed by atoms with Gasteiger partial charge >= 0.3 is 0 Å². The van der Waals surface area contributed by atoms with E-state index in [9.17, 15) is 0 Å². The maximum absolute atomic E-state index is 4.60. The highest BCUT2D eigenvalue weighted by molar-refractivity contribution is 5.80. The summed E-state index contributed by atoms with van der Waals surface area (Å²) in [7, 11) is 3.76. The number of imidazole rings is 1. The van der Waals surface area contributed by atoms with Crippen LogP contribution in [0.5, 0.6) is 0 Å². The van der Waals surface area contributed by atoms with Gasteiger partial charge in [0.05, 0.1) is 17.6 Å². The van der Waals surface area contributed by atoms with E-state index in [1.165, 1.54) is 0 Å². The van der Waals surface area contributed by atoms with Crippen LogP contribution in [0.4, 0.5) is 0 Å². The van der Waals surface area contributed by atoms with E-state index >= 15 is 0 Å². The van der Waals surface area contributed by atoms with Gasteiger partial charge in [-0.3, -0.25) is 4.99 Å². The number of benzene rings is 1. The molecule has 0 bridgehead atoms. The number of guanidine groups is 1. The molecule has 2 aromatic rings. The van der Waals surface area contributed by atoms with Crippen LogP contribution in [0.3, 0.4) is 0 Å². The number of para-hydroxylation sites is 2. The van der Waals surface area contributed by atoms with E-state index in [-0.39, 0.29) is 0 Å². The fraction of sp³-hybridized carbons (Fsp3) is 0.286. The van der Waals surface area contributed by atoms with E-state index in [4.69, 9.17) is 0 Å². The molecule has 0 unspecified atom stereocenters. The van der Waals surface area contributed by atoms with Crippen molar-refractivity contribution in [2.75, 3.05) is 13.6 Å². The molecule has 0 spiro atoms. The summed E-state index contributed by atoms with van der Waals surface area (Å²) < 4.78 is 2.09. The number of nitrogens with zero attached hydrogens (tertiary/aromatic N) is 3. The molecular formula is C14H19N5. The first kappa shape index (κ1) is 13.1. The van der Waals surface area contributed by atoms with Crippen molar-refractivity contribution in [1.29, 1.82) is 0 Å². The Bertz CT molecular complexity index is 597. The van der Waals surface area contributed by atoms with Crippen molar-refractivity contribution in [2.24, 2.45) is 12.0 Å². The van der Waals surface area contributed by atoms with Gasteiger partial charge in [0.25, 0.3) is 0 Å². The molecule has 1 aromatic heterocycles. The molecule has 0 amide bonds. The number of aliphatic imine (C=N–C) groups is 1. The summed E-state index contributed by atoms with van der Waals surface area (Å²) in [6.07, 6.45) is 1.79. The van der Waals surface area contributed by atoms with Crippen molar-refractivity contribution in [3.63, 3.8) is 0 Å². The lowest BCUT2D eigenvalue weighted by molar-refractivity contribution is 0.746. The van der Waals surface area contributed by atoms with Crippen LogP contribution in [-0.2, 0) is 13.6 Å². The van der Waals surface area contributed by atoms with E-state index in [1.807, 2.05) is 25.2 Å². The minimum absolute atomic E-state index is 0.627. The number of fused-ring (bicyclic) bond motifs is 1. The van der Waals surface area contributed by atoms with Gasteiger partial charge in [-0.1, -0.05) is 18.2 Å². The topological polar surface area (TPSA) is 54.2 Å². The smallest absolute Gasteiger partial charge is 0.191 e. The third kappa shape index (κ3) is 2.93. The van der Waals surface area contributed by atoms with Gasteiger partial charge in [0.2, 0.25) is 0 Å². The summed E-state index contributed by atoms with van der Waals surface area (Å²) in [5.41, 5.74) is 2.14. The van der Waals surface area contributed by atoms with E-state index in [0.29, 0.717) is 13.1 Å². The Morgan fingerprint density at radius 2 is 2.21 bits per heavy atom. The van der Waals surface area contributed by atoms with Gasteiger partial charge in [0.1, 0.15) is 5.82 Å². The summed E-state index contributed by atoms with van der Waals surface area (Å²) in [4.78, 5) is 8.73. The highest BCUT2D eigenvalue weighted by Crippen LogP contribution is 2.13. The maximum atomic E-state index is 4.60. The Morgan fingerprint density at radius 3 is 2.89 bits per heavy atom. The maximum Gasteiger partial charge on any atom is 0.191 e. The van der Waals surface area contributed by atoms with Crippen LogP contribution in [0.15, 0.2) is 41.9 Å². The Morgan fingerprint density at radius 1 is 1.42 bits per heavy atom. The van der Waals surface area contributed by atoms with Crippen molar-refractivity contribution < 1.29 is 0 Å². The van der Waals surface area contributed by atoms with Gasteiger partial charge in [-0.15, -0.1) is 6.58 Å². The molecule has 0 atom stereocenters. The molecule has 2 N–H and O–H groups in total. The highest BCUT2D eigenvalue weighted by Gasteiger charge is 2.07. The first-order valence-electron chi connectivity index (χ1n) is 6.22. The normalized spacial score (nSPS) is 11.6. The zero-order valence-electron chi connectivity index (χ0n) is 11.3. The van der Waals surface area contributed by atoms with Crippen molar-refractivity contribution in [3.8, 4) is 0 Å². The fourth-order valence-corrected chi connectivity index (χ4v) is 1.91. The molecule has 0 saturated carbocycles. The first-order valence-corrected chi connectivity index (χ1v) is 6.22. The van der Waals surface area contributed by atoms with Crippen LogP contribution in [0, 0.1) is 0 Å². The first-order chi connectivity index (χ1) is 9.26. The van der Waals surface area contributed by atoms with Gasteiger partial charge < -0.3 is 15.2 Å². The molecule has 1 aromatic carbocycles. The molecule has 100 valence electrons. The van der Waals surface area contributed by atoms with E-state index in [2.05, 4.69) is 37.8 Å². The Hall–Kier alpha value is -2.30. The summed E-state index contributed by atoms with van der Waals surface area (Å²) in [6.45, 7) is 4.98. The molecular weight excluding hydrogens is 238 g/mol. The third-order valence-corrected chi connectivity index (χ3v) is 2.93. The van der Waals surface area contributed by atoms with E-state index < -0.39 is 0 Å². The molecule has 2 rings (SSSR count). The Labute approximate surface area is 113 Å². The monoisotopic (exact) mass is 257 g/mol. The molecule has 0 aliphatic rings. The SMILES string of the molecule is C=CCNC(=NC)NCc1nc2ccccc2n1C. The van der Waals surface area contributed by atoms with Crippen LogP contribution in [0.1, 0.15) is 5.82 Å². The lowest BCUT2D eigenvalue weighted by atomic mass is 10.3. The van der Waals surface area contributed by atoms with Crippen LogP contribution in [-0.4, -0.2) is 29.1 Å². The lowest BCUT2D eigenvalue weighted by Gasteiger charge is -2.10. The molecule has 5 nitrogen and oxygen atoms in total. The molecule has 19 heavy (non-hydrogen) atoms. The van der Waals surface area contributed by atoms with Gasteiger partial charge in [-0.25, -0.2) is 4.98 Å². The standard InChI is InChI=1S/C14H19N5/c1-4-9-16-14(15-2)17-10-13-18-11-7-5-6-8-12(11)19(13)3/h4-8H,1,9-10H2,2-3H3,(H2,15,16,17). The zero-order valence-corrected chi connectivity index (χ0v) is 11.3. The van der Waals surface area contributed by atoms with Crippen LogP contribution in [0.25, 0.3) is 11.0 Å². The molecule has 0 aliphatic carbocycles. The second-order valence-electron chi connectivity index (χ2n) is 4.17. The second-order valence-corrected chi connectivity index (χ2v) is 4.17. The number of rotatable bonds is 4. The van der Waals surface area contributed by atoms with E-state index in [0.717, 1.165) is 22.8 Å². The second kappa shape index (κ2) is 6.04. The Balaban J connectivity index is 2.09. The third-order valence-electron chi connectivity index (χ3n) is 2.93. The number of nitrogens with one attached hydrogen (secondary N) is 2. The fourth-order valence-electron chi connectivity index (χ4n) is 1.91. The molecule has 5 heteroatoms. The van der Waals surface area contributed by atoms with Gasteiger partial charge in [-0.05, 0) is 12.1 Å². The predicted octanol–water partition coefficient (Wildman–Crippen LogP) is 1.42. The van der Waals surface area contributed by atoms with Gasteiger partial charge in [0.15, 0.2) is 5.96 Å². The zero-order chi connectivity index (χ0) is 13.7. The quantitative estimate of drug-likeness (QED) is 0.495. The van der Waals surface area contributed by atoms with Crippen molar-refractivity contribution in [3.05, 3.63) is 42.7 Å². The minimum Gasteiger partial charge on any atom is -0.353 e.